The maximum Gasteiger partial charge on any atom is 0.239 e. The molecule has 1 unspecified atom stereocenters. The lowest BCUT2D eigenvalue weighted by Gasteiger charge is -2.20. The predicted octanol–water partition coefficient (Wildman–Crippen LogP) is 3.18. The summed E-state index contributed by atoms with van der Waals surface area (Å²) in [5.41, 5.74) is 6.05. The first-order valence-electron chi connectivity index (χ1n) is 7.77. The Kier molecular flexibility index (Phi) is 7.45. The monoisotopic (exact) mass is 363 g/mol. The van der Waals surface area contributed by atoms with Crippen LogP contribution in [0.3, 0.4) is 0 Å². The van der Waals surface area contributed by atoms with Gasteiger partial charge in [0.25, 0.3) is 0 Å². The molecule has 1 rings (SSSR count). The van der Waals surface area contributed by atoms with Crippen LogP contribution in [-0.4, -0.2) is 22.6 Å². The third-order valence-electron chi connectivity index (χ3n) is 3.29. The summed E-state index contributed by atoms with van der Waals surface area (Å²) in [7, 11) is 0. The molecule has 5 N–H and O–H groups in total. The molecule has 25 heavy (non-hydrogen) atoms. The van der Waals surface area contributed by atoms with E-state index in [1.54, 1.807) is 13.0 Å². The van der Waals surface area contributed by atoms with Crippen molar-refractivity contribution in [2.45, 2.75) is 39.7 Å². The number of nitrogens with one attached hydrogen (secondary N) is 3. The topological polar surface area (TPSA) is 115 Å². The number of hydrogen-bond acceptors (Lipinski definition) is 5. The highest BCUT2D eigenvalue weighted by Gasteiger charge is 2.19. The SMILES string of the molecule is CC(=N)CC(=S)Nc1cc(NC(CC(C)C)C(N)=O)cc(F)c1C#N. The normalized spacial score (nSPS) is 11.5. The lowest BCUT2D eigenvalue weighted by molar-refractivity contribution is -0.119. The van der Waals surface area contributed by atoms with Crippen molar-refractivity contribution in [3.8, 4) is 6.07 Å². The number of nitrogens with zero attached hydrogens (tertiary/aromatic N) is 1. The Morgan fingerprint density at radius 3 is 2.60 bits per heavy atom. The standard InChI is InChI=1S/C17H22FN5OS/c1-9(2)4-15(17(21)24)22-11-6-13(18)12(8-19)14(7-11)23-16(25)5-10(3)20/h6-7,9,15,20,22H,4-5H2,1-3H3,(H2,21,24)(H,23,25). The van der Waals surface area contributed by atoms with Crippen molar-refractivity contribution in [3.63, 3.8) is 0 Å². The highest BCUT2D eigenvalue weighted by atomic mass is 32.1. The van der Waals surface area contributed by atoms with Crippen LogP contribution < -0.4 is 16.4 Å². The molecule has 0 heterocycles. The molecule has 6 nitrogen and oxygen atoms in total. The van der Waals surface area contributed by atoms with Crippen molar-refractivity contribution in [1.29, 1.82) is 10.7 Å². The van der Waals surface area contributed by atoms with Gasteiger partial charge in [-0.3, -0.25) is 4.79 Å². The maximum atomic E-state index is 14.2. The minimum Gasteiger partial charge on any atom is -0.374 e. The Balaban J connectivity index is 3.14. The molecule has 134 valence electrons. The Bertz CT molecular complexity index is 726. The molecule has 0 spiro atoms. The fraction of sp³-hybridized carbons (Fsp3) is 0.412. The molecule has 8 heteroatoms. The lowest BCUT2D eigenvalue weighted by Crippen LogP contribution is -2.36. The van der Waals surface area contributed by atoms with Gasteiger partial charge in [-0.05, 0) is 31.4 Å². The van der Waals surface area contributed by atoms with Crippen LogP contribution in [0, 0.1) is 28.5 Å². The lowest BCUT2D eigenvalue weighted by atomic mass is 10.0. The van der Waals surface area contributed by atoms with E-state index < -0.39 is 17.8 Å². The van der Waals surface area contributed by atoms with E-state index in [4.69, 9.17) is 28.6 Å². The highest BCUT2D eigenvalue weighted by molar-refractivity contribution is 7.80. The van der Waals surface area contributed by atoms with Gasteiger partial charge >= 0.3 is 0 Å². The molecule has 0 bridgehead atoms. The van der Waals surface area contributed by atoms with E-state index in [0.29, 0.717) is 22.8 Å². The summed E-state index contributed by atoms with van der Waals surface area (Å²) in [6, 6.07) is 3.78. The summed E-state index contributed by atoms with van der Waals surface area (Å²) in [4.78, 5) is 11.9. The smallest absolute Gasteiger partial charge is 0.239 e. The Hall–Kier alpha value is -2.53. The summed E-state index contributed by atoms with van der Waals surface area (Å²) in [6.45, 7) is 5.49. The second kappa shape index (κ2) is 9.08. The minimum atomic E-state index is -0.739. The number of thiocarbonyl (C=S) groups is 1. The summed E-state index contributed by atoms with van der Waals surface area (Å²) >= 11 is 5.11. The van der Waals surface area contributed by atoms with Gasteiger partial charge in [-0.15, -0.1) is 0 Å². The van der Waals surface area contributed by atoms with Crippen LogP contribution in [0.25, 0.3) is 0 Å². The van der Waals surface area contributed by atoms with E-state index in [1.807, 2.05) is 13.8 Å². The van der Waals surface area contributed by atoms with E-state index >= 15 is 0 Å². The first-order valence-corrected chi connectivity index (χ1v) is 8.18. The van der Waals surface area contributed by atoms with Crippen molar-refractivity contribution in [1.82, 2.24) is 0 Å². The average Bonchev–Trinajstić information content (AvgIpc) is 2.44. The quantitative estimate of drug-likeness (QED) is 0.418. The highest BCUT2D eigenvalue weighted by Crippen LogP contribution is 2.25. The largest absolute Gasteiger partial charge is 0.374 e. The number of hydrogen-bond donors (Lipinski definition) is 4. The first-order chi connectivity index (χ1) is 11.6. The molecule has 1 amide bonds. The van der Waals surface area contributed by atoms with Crippen LogP contribution in [0.15, 0.2) is 12.1 Å². The van der Waals surface area contributed by atoms with Crippen molar-refractivity contribution >= 4 is 40.2 Å². The zero-order valence-electron chi connectivity index (χ0n) is 14.4. The number of amides is 1. The van der Waals surface area contributed by atoms with E-state index in [2.05, 4.69) is 10.6 Å². The van der Waals surface area contributed by atoms with Crippen molar-refractivity contribution in [2.24, 2.45) is 11.7 Å². The Morgan fingerprint density at radius 2 is 2.12 bits per heavy atom. The maximum absolute atomic E-state index is 14.2. The molecule has 0 saturated heterocycles. The third-order valence-corrected chi connectivity index (χ3v) is 3.54. The fourth-order valence-corrected chi connectivity index (χ4v) is 2.58. The summed E-state index contributed by atoms with van der Waals surface area (Å²) in [5, 5.41) is 22.3. The van der Waals surface area contributed by atoms with Crippen LogP contribution in [0.5, 0.6) is 0 Å². The number of benzene rings is 1. The molecule has 0 aliphatic carbocycles. The van der Waals surface area contributed by atoms with Crippen molar-refractivity contribution < 1.29 is 9.18 Å². The summed E-state index contributed by atoms with van der Waals surface area (Å²) < 4.78 is 14.2. The number of carbonyl (C=O) groups excluding carboxylic acids is 1. The van der Waals surface area contributed by atoms with Crippen LogP contribution >= 0.6 is 12.2 Å². The number of primary amides is 1. The minimum absolute atomic E-state index is 0.184. The fourth-order valence-electron chi connectivity index (χ4n) is 2.26. The van der Waals surface area contributed by atoms with E-state index in [-0.39, 0.29) is 23.6 Å². The Morgan fingerprint density at radius 1 is 1.48 bits per heavy atom. The second-order valence-corrected chi connectivity index (χ2v) is 6.72. The van der Waals surface area contributed by atoms with Crippen LogP contribution in [0.2, 0.25) is 0 Å². The zero-order valence-corrected chi connectivity index (χ0v) is 15.3. The molecule has 0 aliphatic rings. The molecule has 0 aliphatic heterocycles. The molecular formula is C17H22FN5OS. The second-order valence-electron chi connectivity index (χ2n) is 6.23. The predicted molar refractivity (Wildman–Crippen MR) is 101 cm³/mol. The van der Waals surface area contributed by atoms with Gasteiger partial charge in [0.1, 0.15) is 23.5 Å². The molecule has 0 saturated carbocycles. The molecule has 0 aromatic heterocycles. The summed E-state index contributed by atoms with van der Waals surface area (Å²) in [6.07, 6.45) is 0.696. The third kappa shape index (κ3) is 6.47. The molecule has 1 atom stereocenters. The number of carbonyl (C=O) groups is 1. The van der Waals surface area contributed by atoms with Crippen LogP contribution in [0.1, 0.15) is 39.2 Å². The van der Waals surface area contributed by atoms with Gasteiger partial charge in [-0.1, -0.05) is 26.1 Å². The van der Waals surface area contributed by atoms with Gasteiger partial charge in [0.15, 0.2) is 0 Å². The van der Waals surface area contributed by atoms with Gasteiger partial charge in [0.05, 0.1) is 10.7 Å². The van der Waals surface area contributed by atoms with Gasteiger partial charge < -0.3 is 21.8 Å². The van der Waals surface area contributed by atoms with Crippen molar-refractivity contribution in [3.05, 3.63) is 23.5 Å². The van der Waals surface area contributed by atoms with Gasteiger partial charge in [-0.2, -0.15) is 5.26 Å². The number of nitrogens with two attached hydrogens (primary N) is 1. The average molecular weight is 363 g/mol. The number of halogens is 1. The molecule has 0 fully saturated rings. The summed E-state index contributed by atoms with van der Waals surface area (Å²) in [5.74, 6) is -1.06. The molecule has 1 aromatic carbocycles. The van der Waals surface area contributed by atoms with Gasteiger partial charge in [0.2, 0.25) is 5.91 Å². The van der Waals surface area contributed by atoms with E-state index in [9.17, 15) is 9.18 Å². The van der Waals surface area contributed by atoms with E-state index in [1.165, 1.54) is 6.07 Å². The molecular weight excluding hydrogens is 341 g/mol. The van der Waals surface area contributed by atoms with E-state index in [0.717, 1.165) is 6.07 Å². The molecule has 1 aromatic rings. The first kappa shape index (κ1) is 20.5. The number of nitriles is 1. The zero-order chi connectivity index (χ0) is 19.1. The number of anilines is 2. The van der Waals surface area contributed by atoms with Crippen LogP contribution in [-0.2, 0) is 4.79 Å². The molecule has 0 radical (unpaired) electrons. The van der Waals surface area contributed by atoms with Gasteiger partial charge in [0, 0.05) is 17.8 Å². The van der Waals surface area contributed by atoms with Crippen LogP contribution in [0.4, 0.5) is 15.8 Å². The van der Waals surface area contributed by atoms with Crippen molar-refractivity contribution in [2.75, 3.05) is 10.6 Å². The van der Waals surface area contributed by atoms with Gasteiger partial charge in [-0.25, -0.2) is 4.39 Å². The Labute approximate surface area is 152 Å². The number of rotatable bonds is 8.